The molecule has 1 aromatic heterocycles. The van der Waals surface area contributed by atoms with Gasteiger partial charge in [0.15, 0.2) is 11.5 Å². The fraction of sp³-hybridized carbons (Fsp3) is 0.375. The molecule has 3 heterocycles. The average molecular weight is 430 g/mol. The molecule has 7 nitrogen and oxygen atoms in total. The van der Waals surface area contributed by atoms with Gasteiger partial charge < -0.3 is 24.3 Å². The molecular weight excluding hydrogens is 412 g/mol. The van der Waals surface area contributed by atoms with Gasteiger partial charge in [0.2, 0.25) is 6.79 Å². The highest BCUT2D eigenvalue weighted by Gasteiger charge is 2.32. The molecule has 4 rings (SSSR count). The summed E-state index contributed by atoms with van der Waals surface area (Å²) in [7, 11) is 1.94. The normalized spacial score (nSPS) is 18.8. The van der Waals surface area contributed by atoms with Crippen molar-refractivity contribution in [2.45, 2.75) is 6.04 Å². The Bertz CT molecular complexity index is 798. The summed E-state index contributed by atoms with van der Waals surface area (Å²) >= 11 is 3.45. The lowest BCUT2D eigenvalue weighted by molar-refractivity contribution is 0.0620. The molecule has 1 saturated heterocycles. The number of nitrogens with zero attached hydrogens (tertiary/aromatic N) is 3. The van der Waals surface area contributed by atoms with E-state index in [1.54, 1.807) is 18.3 Å². The van der Waals surface area contributed by atoms with E-state index in [0.717, 1.165) is 16.8 Å². The Morgan fingerprint density at radius 1 is 1.40 bits per heavy atom. The molecule has 25 heavy (non-hydrogen) atoms. The fourth-order valence-electron chi connectivity index (χ4n) is 3.13. The molecular formula is C16H18BrClN4O3. The molecule has 2 aliphatic rings. The number of aryl methyl sites for hydroxylation is 1. The molecule has 9 heteroatoms. The number of piperazine rings is 1. The van der Waals surface area contributed by atoms with Crippen molar-refractivity contribution in [1.82, 2.24) is 19.8 Å². The predicted octanol–water partition coefficient (Wildman–Crippen LogP) is 2.12. The van der Waals surface area contributed by atoms with E-state index in [1.165, 1.54) is 0 Å². The van der Waals surface area contributed by atoms with Crippen molar-refractivity contribution >= 4 is 34.2 Å². The Labute approximate surface area is 159 Å². The van der Waals surface area contributed by atoms with Crippen LogP contribution in [0.4, 0.5) is 0 Å². The first-order valence-corrected chi connectivity index (χ1v) is 8.52. The number of hydrogen-bond acceptors (Lipinski definition) is 5. The minimum absolute atomic E-state index is 0. The van der Waals surface area contributed by atoms with Crippen molar-refractivity contribution in [3.63, 3.8) is 0 Å². The highest BCUT2D eigenvalue weighted by Crippen LogP contribution is 2.40. The number of benzene rings is 1. The molecule has 1 unspecified atom stereocenters. The van der Waals surface area contributed by atoms with Gasteiger partial charge in [-0.25, -0.2) is 4.98 Å². The third-order valence-electron chi connectivity index (χ3n) is 4.33. The summed E-state index contributed by atoms with van der Waals surface area (Å²) < 4.78 is 13.5. The zero-order chi connectivity index (χ0) is 16.7. The summed E-state index contributed by atoms with van der Waals surface area (Å²) in [5, 5.41) is 3.34. The molecule has 0 spiro atoms. The number of imidazole rings is 1. The van der Waals surface area contributed by atoms with Crippen LogP contribution >= 0.6 is 28.3 Å². The smallest absolute Gasteiger partial charge is 0.254 e. The first-order valence-electron chi connectivity index (χ1n) is 7.73. The second kappa shape index (κ2) is 7.23. The number of nitrogens with one attached hydrogen (secondary N) is 1. The quantitative estimate of drug-likeness (QED) is 0.792. The maximum absolute atomic E-state index is 13.1. The average Bonchev–Trinajstić information content (AvgIpc) is 3.23. The molecule has 1 atom stereocenters. The van der Waals surface area contributed by atoms with Gasteiger partial charge in [-0.3, -0.25) is 4.79 Å². The summed E-state index contributed by atoms with van der Waals surface area (Å²) in [6.07, 6.45) is 3.65. The minimum Gasteiger partial charge on any atom is -0.454 e. The maximum Gasteiger partial charge on any atom is 0.254 e. The van der Waals surface area contributed by atoms with Gasteiger partial charge in [-0.1, -0.05) is 0 Å². The van der Waals surface area contributed by atoms with Gasteiger partial charge in [-0.05, 0) is 28.1 Å². The van der Waals surface area contributed by atoms with Crippen LogP contribution in [0.1, 0.15) is 22.2 Å². The van der Waals surface area contributed by atoms with Gasteiger partial charge in [0.05, 0.1) is 4.47 Å². The Balaban J connectivity index is 0.00000182. The Morgan fingerprint density at radius 3 is 3.00 bits per heavy atom. The van der Waals surface area contributed by atoms with Crippen molar-refractivity contribution < 1.29 is 14.3 Å². The van der Waals surface area contributed by atoms with Crippen molar-refractivity contribution in [3.8, 4) is 11.5 Å². The van der Waals surface area contributed by atoms with E-state index in [4.69, 9.17) is 9.47 Å². The lowest BCUT2D eigenvalue weighted by Crippen LogP contribution is -2.49. The Hall–Kier alpha value is -1.77. The number of fused-ring (bicyclic) bond motifs is 1. The number of halogens is 2. The maximum atomic E-state index is 13.1. The first-order chi connectivity index (χ1) is 11.6. The van der Waals surface area contributed by atoms with Crippen LogP contribution in [-0.2, 0) is 7.05 Å². The van der Waals surface area contributed by atoms with E-state index in [2.05, 4.69) is 26.2 Å². The second-order valence-electron chi connectivity index (χ2n) is 5.81. The summed E-state index contributed by atoms with van der Waals surface area (Å²) in [4.78, 5) is 19.4. The third kappa shape index (κ3) is 3.21. The molecule has 0 radical (unpaired) electrons. The van der Waals surface area contributed by atoms with Crippen molar-refractivity contribution in [3.05, 3.63) is 40.4 Å². The lowest BCUT2D eigenvalue weighted by Gasteiger charge is -2.35. The summed E-state index contributed by atoms with van der Waals surface area (Å²) in [5.74, 6) is 2.07. The summed E-state index contributed by atoms with van der Waals surface area (Å²) in [6, 6.07) is 3.43. The molecule has 1 fully saturated rings. The molecule has 0 bridgehead atoms. The van der Waals surface area contributed by atoms with E-state index in [0.29, 0.717) is 30.2 Å². The van der Waals surface area contributed by atoms with Crippen LogP contribution in [0, 0.1) is 0 Å². The lowest BCUT2D eigenvalue weighted by atomic mass is 10.1. The van der Waals surface area contributed by atoms with Gasteiger partial charge in [0.1, 0.15) is 11.9 Å². The number of aromatic nitrogens is 2. The van der Waals surface area contributed by atoms with Crippen LogP contribution in [0.3, 0.4) is 0 Å². The van der Waals surface area contributed by atoms with Crippen molar-refractivity contribution in [2.75, 3.05) is 26.4 Å². The minimum atomic E-state index is -0.101. The van der Waals surface area contributed by atoms with Crippen molar-refractivity contribution in [2.24, 2.45) is 7.05 Å². The number of hydrogen-bond donors (Lipinski definition) is 1. The van der Waals surface area contributed by atoms with Gasteiger partial charge in [0.25, 0.3) is 5.91 Å². The van der Waals surface area contributed by atoms with Crippen LogP contribution < -0.4 is 14.8 Å². The Kier molecular flexibility index (Phi) is 5.21. The molecule has 0 aliphatic carbocycles. The monoisotopic (exact) mass is 428 g/mol. The molecule has 0 saturated carbocycles. The van der Waals surface area contributed by atoms with E-state index in [-0.39, 0.29) is 31.1 Å². The number of rotatable bonds is 2. The van der Waals surface area contributed by atoms with Gasteiger partial charge in [0, 0.05) is 44.6 Å². The first kappa shape index (κ1) is 18.0. The van der Waals surface area contributed by atoms with Crippen LogP contribution in [0.5, 0.6) is 11.5 Å². The van der Waals surface area contributed by atoms with Crippen LogP contribution in [0.2, 0.25) is 0 Å². The summed E-state index contributed by atoms with van der Waals surface area (Å²) in [6.45, 7) is 2.25. The molecule has 134 valence electrons. The predicted molar refractivity (Wildman–Crippen MR) is 97.4 cm³/mol. The second-order valence-corrected chi connectivity index (χ2v) is 6.66. The number of carbonyl (C=O) groups excluding carboxylic acids is 1. The molecule has 1 aromatic carbocycles. The van der Waals surface area contributed by atoms with E-state index in [9.17, 15) is 4.79 Å². The number of ether oxygens (including phenoxy) is 2. The van der Waals surface area contributed by atoms with Gasteiger partial charge >= 0.3 is 0 Å². The van der Waals surface area contributed by atoms with E-state index < -0.39 is 0 Å². The van der Waals surface area contributed by atoms with Gasteiger partial charge in [-0.15, -0.1) is 12.4 Å². The highest BCUT2D eigenvalue weighted by molar-refractivity contribution is 9.10. The zero-order valence-electron chi connectivity index (χ0n) is 13.6. The van der Waals surface area contributed by atoms with Crippen LogP contribution in [0.15, 0.2) is 29.0 Å². The third-order valence-corrected chi connectivity index (χ3v) is 4.92. The topological polar surface area (TPSA) is 68.6 Å². The summed E-state index contributed by atoms with van der Waals surface area (Å²) in [5.41, 5.74) is 0.576. The molecule has 2 aliphatic heterocycles. The number of carbonyl (C=O) groups is 1. The van der Waals surface area contributed by atoms with Crippen molar-refractivity contribution in [1.29, 1.82) is 0 Å². The molecule has 1 N–H and O–H groups in total. The van der Waals surface area contributed by atoms with E-state index >= 15 is 0 Å². The Morgan fingerprint density at radius 2 is 2.24 bits per heavy atom. The largest absolute Gasteiger partial charge is 0.454 e. The van der Waals surface area contributed by atoms with Gasteiger partial charge in [-0.2, -0.15) is 0 Å². The highest BCUT2D eigenvalue weighted by atomic mass is 79.9. The molecule has 2 aromatic rings. The molecule has 1 amide bonds. The number of amides is 1. The fourth-order valence-corrected chi connectivity index (χ4v) is 3.69. The SMILES string of the molecule is Cl.Cn1ccnc1C1CNCCN1C(=O)c1cc(Br)c2c(c1)OCO2. The van der Waals surface area contributed by atoms with Crippen LogP contribution in [0.25, 0.3) is 0 Å². The standard InChI is InChI=1S/C16H17BrN4O3.ClH/c1-20-4-3-19-15(20)12-8-18-2-5-21(12)16(22)10-6-11(17)14-13(7-10)23-9-24-14;/h3-4,6-7,12,18H,2,5,8-9H2,1H3;1H. The van der Waals surface area contributed by atoms with E-state index in [1.807, 2.05) is 22.7 Å². The zero-order valence-corrected chi connectivity index (χ0v) is 16.0. The van der Waals surface area contributed by atoms with Crippen LogP contribution in [-0.4, -0.2) is 46.8 Å².